The summed E-state index contributed by atoms with van der Waals surface area (Å²) in [7, 11) is 0. The maximum Gasteiger partial charge on any atom is 0.222 e. The third-order valence-corrected chi connectivity index (χ3v) is 1.89. The summed E-state index contributed by atoms with van der Waals surface area (Å²) < 4.78 is 5.41. The summed E-state index contributed by atoms with van der Waals surface area (Å²) >= 11 is 0. The van der Waals surface area contributed by atoms with Gasteiger partial charge in [-0.2, -0.15) is 0 Å². The highest BCUT2D eigenvalue weighted by molar-refractivity contribution is 5.63. The van der Waals surface area contributed by atoms with Gasteiger partial charge in [-0.1, -0.05) is 0 Å². The summed E-state index contributed by atoms with van der Waals surface area (Å²) in [4.78, 5) is 12.4. The summed E-state index contributed by atoms with van der Waals surface area (Å²) in [6.07, 6.45) is 6.68. The molecule has 0 N–H and O–H groups in total. The Kier molecular flexibility index (Phi) is 2.88. The van der Waals surface area contributed by atoms with Crippen molar-refractivity contribution < 1.29 is 4.74 Å². The fourth-order valence-corrected chi connectivity index (χ4v) is 1.28. The van der Waals surface area contributed by atoms with Crippen LogP contribution in [0, 0.1) is 0 Å². The third kappa shape index (κ3) is 2.10. The lowest BCUT2D eigenvalue weighted by atomic mass is 10.2. The third-order valence-electron chi connectivity index (χ3n) is 1.89. The van der Waals surface area contributed by atoms with Crippen molar-refractivity contribution in [3.63, 3.8) is 0 Å². The van der Waals surface area contributed by atoms with E-state index in [-0.39, 0.29) is 0 Å². The van der Waals surface area contributed by atoms with Gasteiger partial charge in [-0.25, -0.2) is 4.98 Å². The first kappa shape index (κ1) is 9.58. The largest absolute Gasteiger partial charge is 0.477 e. The van der Waals surface area contributed by atoms with E-state index in [0.717, 1.165) is 11.3 Å². The molecule has 0 aromatic carbocycles. The predicted molar refractivity (Wildman–Crippen MR) is 56.4 cm³/mol. The van der Waals surface area contributed by atoms with Crippen LogP contribution in [0.15, 0.2) is 36.9 Å². The summed E-state index contributed by atoms with van der Waals surface area (Å²) in [5.74, 6) is 0.598. The molecule has 0 aliphatic carbocycles. The van der Waals surface area contributed by atoms with E-state index in [1.807, 2.05) is 19.1 Å². The molecule has 0 atom stereocenters. The van der Waals surface area contributed by atoms with E-state index in [4.69, 9.17) is 4.74 Å². The molecule has 0 fully saturated rings. The van der Waals surface area contributed by atoms with Gasteiger partial charge in [0.2, 0.25) is 5.88 Å². The van der Waals surface area contributed by atoms with Gasteiger partial charge in [0, 0.05) is 18.6 Å². The Hall–Kier alpha value is -1.97. The Labute approximate surface area is 88.0 Å². The second kappa shape index (κ2) is 4.50. The first-order valence-corrected chi connectivity index (χ1v) is 4.76. The maximum atomic E-state index is 5.41. The van der Waals surface area contributed by atoms with Crippen molar-refractivity contribution >= 4 is 0 Å². The van der Waals surface area contributed by atoms with Crippen LogP contribution in [0.25, 0.3) is 11.3 Å². The van der Waals surface area contributed by atoms with Crippen LogP contribution in [0.3, 0.4) is 0 Å². The SMILES string of the molecule is CCOc1ncccc1-c1cnccn1. The highest BCUT2D eigenvalue weighted by Gasteiger charge is 2.07. The zero-order valence-electron chi connectivity index (χ0n) is 8.42. The zero-order chi connectivity index (χ0) is 10.5. The molecule has 0 amide bonds. The molecule has 2 aromatic heterocycles. The van der Waals surface area contributed by atoms with Gasteiger partial charge in [0.05, 0.1) is 24.1 Å². The molecule has 2 heterocycles. The molecule has 0 unspecified atom stereocenters. The summed E-state index contributed by atoms with van der Waals surface area (Å²) in [6, 6.07) is 3.77. The fourth-order valence-electron chi connectivity index (χ4n) is 1.28. The summed E-state index contributed by atoms with van der Waals surface area (Å²) in [6.45, 7) is 2.51. The molecule has 0 aliphatic heterocycles. The lowest BCUT2D eigenvalue weighted by Crippen LogP contribution is -1.97. The normalized spacial score (nSPS) is 9.93. The van der Waals surface area contributed by atoms with Crippen LogP contribution in [0.1, 0.15) is 6.92 Å². The van der Waals surface area contributed by atoms with Gasteiger partial charge in [0.15, 0.2) is 0 Å². The standard InChI is InChI=1S/C11H11N3O/c1-2-15-11-9(4-3-5-14-11)10-8-12-6-7-13-10/h3-8H,2H2,1H3. The summed E-state index contributed by atoms with van der Waals surface area (Å²) in [5.41, 5.74) is 1.64. The molecule has 0 spiro atoms. The van der Waals surface area contributed by atoms with Gasteiger partial charge in [0.25, 0.3) is 0 Å². The highest BCUT2D eigenvalue weighted by atomic mass is 16.5. The number of hydrogen-bond acceptors (Lipinski definition) is 4. The maximum absolute atomic E-state index is 5.41. The van der Waals surface area contributed by atoms with Crippen LogP contribution in [0.2, 0.25) is 0 Å². The topological polar surface area (TPSA) is 47.9 Å². The Morgan fingerprint density at radius 3 is 2.87 bits per heavy atom. The molecule has 0 bridgehead atoms. The second-order valence-corrected chi connectivity index (χ2v) is 2.88. The lowest BCUT2D eigenvalue weighted by molar-refractivity contribution is 0.328. The predicted octanol–water partition coefficient (Wildman–Crippen LogP) is 1.94. The first-order valence-electron chi connectivity index (χ1n) is 4.76. The Bertz CT molecular complexity index is 431. The minimum Gasteiger partial charge on any atom is -0.477 e. The smallest absolute Gasteiger partial charge is 0.222 e. The van der Waals surface area contributed by atoms with Crippen LogP contribution < -0.4 is 4.74 Å². The van der Waals surface area contributed by atoms with Crippen molar-refractivity contribution in [1.29, 1.82) is 0 Å². The van der Waals surface area contributed by atoms with E-state index < -0.39 is 0 Å². The van der Waals surface area contributed by atoms with Crippen LogP contribution >= 0.6 is 0 Å². The van der Waals surface area contributed by atoms with Gasteiger partial charge in [-0.05, 0) is 19.1 Å². The molecule has 0 radical (unpaired) electrons. The second-order valence-electron chi connectivity index (χ2n) is 2.88. The zero-order valence-corrected chi connectivity index (χ0v) is 8.42. The van der Waals surface area contributed by atoms with Crippen LogP contribution in [-0.4, -0.2) is 21.6 Å². The minimum absolute atomic E-state index is 0.588. The average Bonchev–Trinajstić information content (AvgIpc) is 2.31. The van der Waals surface area contributed by atoms with Crippen molar-refractivity contribution in [3.05, 3.63) is 36.9 Å². The van der Waals surface area contributed by atoms with Gasteiger partial charge >= 0.3 is 0 Å². The molecular formula is C11H11N3O. The van der Waals surface area contributed by atoms with Crippen molar-refractivity contribution in [2.75, 3.05) is 6.61 Å². The van der Waals surface area contributed by atoms with E-state index >= 15 is 0 Å². The lowest BCUT2D eigenvalue weighted by Gasteiger charge is -2.06. The molecule has 2 aromatic rings. The molecule has 76 valence electrons. The van der Waals surface area contributed by atoms with Crippen molar-refractivity contribution in [3.8, 4) is 17.1 Å². The first-order chi connectivity index (χ1) is 7.42. The van der Waals surface area contributed by atoms with E-state index in [2.05, 4.69) is 15.0 Å². The molecular weight excluding hydrogens is 190 g/mol. The number of rotatable bonds is 3. The number of nitrogens with zero attached hydrogens (tertiary/aromatic N) is 3. The van der Waals surface area contributed by atoms with Gasteiger partial charge in [0.1, 0.15) is 0 Å². The van der Waals surface area contributed by atoms with E-state index in [1.165, 1.54) is 0 Å². The molecule has 2 rings (SSSR count). The Balaban J connectivity index is 2.43. The van der Waals surface area contributed by atoms with Gasteiger partial charge < -0.3 is 4.74 Å². The summed E-state index contributed by atoms with van der Waals surface area (Å²) in [5, 5.41) is 0. The van der Waals surface area contributed by atoms with Crippen molar-refractivity contribution in [2.24, 2.45) is 0 Å². The van der Waals surface area contributed by atoms with Crippen LogP contribution in [-0.2, 0) is 0 Å². The van der Waals surface area contributed by atoms with E-state index in [1.54, 1.807) is 24.8 Å². The number of pyridine rings is 1. The molecule has 15 heavy (non-hydrogen) atoms. The molecule has 0 aliphatic rings. The fraction of sp³-hybridized carbons (Fsp3) is 0.182. The van der Waals surface area contributed by atoms with Crippen molar-refractivity contribution in [2.45, 2.75) is 6.92 Å². The Morgan fingerprint density at radius 1 is 1.20 bits per heavy atom. The Morgan fingerprint density at radius 2 is 2.13 bits per heavy atom. The van der Waals surface area contributed by atoms with E-state index in [9.17, 15) is 0 Å². The molecule has 4 nitrogen and oxygen atoms in total. The van der Waals surface area contributed by atoms with Crippen LogP contribution in [0.4, 0.5) is 0 Å². The van der Waals surface area contributed by atoms with Gasteiger partial charge in [-0.3, -0.25) is 9.97 Å². The minimum atomic E-state index is 0.588. The molecule has 0 saturated heterocycles. The highest BCUT2D eigenvalue weighted by Crippen LogP contribution is 2.24. The molecule has 4 heteroatoms. The molecule has 0 saturated carbocycles. The van der Waals surface area contributed by atoms with Gasteiger partial charge in [-0.15, -0.1) is 0 Å². The quantitative estimate of drug-likeness (QED) is 0.761. The van der Waals surface area contributed by atoms with Crippen LogP contribution in [0.5, 0.6) is 5.88 Å². The number of aromatic nitrogens is 3. The van der Waals surface area contributed by atoms with Crippen molar-refractivity contribution in [1.82, 2.24) is 15.0 Å². The van der Waals surface area contributed by atoms with E-state index in [0.29, 0.717) is 12.5 Å². The average molecular weight is 201 g/mol. The number of hydrogen-bond donors (Lipinski definition) is 0. The monoisotopic (exact) mass is 201 g/mol. The number of ether oxygens (including phenoxy) is 1.